The van der Waals surface area contributed by atoms with Gasteiger partial charge in [0.25, 0.3) is 0 Å². The Labute approximate surface area is 272 Å². The predicted octanol–water partition coefficient (Wildman–Crippen LogP) is 8.31. The van der Waals surface area contributed by atoms with Gasteiger partial charge in [-0.2, -0.15) is 0 Å². The molecule has 2 aromatic rings. The standard InChI is InChI=1S/C40H48O6/c1-2-4-34-33(3-1)35(39-15-25-9-26(16-39)11-27(10-25)17-39)38(44-8-6-42-22-32-24-46-32)36(37(34)43-7-5-41-21-31-23-45-31)40-18-28-12-29(19-40)14-30(13-28)20-40/h1-4,23-30H,5-22H2. The van der Waals surface area contributed by atoms with Crippen LogP contribution in [0.15, 0.2) is 48.3 Å². The van der Waals surface area contributed by atoms with Gasteiger partial charge in [0.05, 0.1) is 13.2 Å². The largest absolute Gasteiger partial charge is 0.490 e. The molecule has 0 saturated heterocycles. The average Bonchev–Trinajstić information content (AvgIpc) is 3.96. The second-order valence-corrected chi connectivity index (χ2v) is 16.6. The second-order valence-electron chi connectivity index (χ2n) is 16.6. The van der Waals surface area contributed by atoms with E-state index in [-0.39, 0.29) is 10.8 Å². The van der Waals surface area contributed by atoms with Crippen LogP contribution in [0.3, 0.4) is 0 Å². The van der Waals surface area contributed by atoms with Crippen molar-refractivity contribution in [2.45, 2.75) is 87.9 Å². The van der Waals surface area contributed by atoms with Crippen molar-refractivity contribution in [3.05, 3.63) is 59.4 Å². The van der Waals surface area contributed by atoms with Crippen molar-refractivity contribution in [1.82, 2.24) is 0 Å². The van der Waals surface area contributed by atoms with Gasteiger partial charge in [-0.15, -0.1) is 0 Å². The molecule has 6 heteroatoms. The van der Waals surface area contributed by atoms with E-state index in [2.05, 4.69) is 24.3 Å². The van der Waals surface area contributed by atoms with E-state index in [4.69, 9.17) is 28.4 Å². The fourth-order valence-corrected chi connectivity index (χ4v) is 12.5. The summed E-state index contributed by atoms with van der Waals surface area (Å²) in [6, 6.07) is 9.19. The summed E-state index contributed by atoms with van der Waals surface area (Å²) in [4.78, 5) is 0. The molecule has 2 aromatic carbocycles. The maximum absolute atomic E-state index is 7.24. The molecule has 46 heavy (non-hydrogen) atoms. The average molecular weight is 625 g/mol. The highest BCUT2D eigenvalue weighted by Gasteiger charge is 2.57. The summed E-state index contributed by atoms with van der Waals surface area (Å²) >= 11 is 0. The molecule has 0 radical (unpaired) electrons. The van der Waals surface area contributed by atoms with Gasteiger partial charge in [-0.3, -0.25) is 0 Å². The van der Waals surface area contributed by atoms with Crippen LogP contribution in [0.2, 0.25) is 0 Å². The summed E-state index contributed by atoms with van der Waals surface area (Å²) in [6.07, 6.45) is 19.8. The Morgan fingerprint density at radius 3 is 1.39 bits per heavy atom. The van der Waals surface area contributed by atoms with Gasteiger partial charge in [-0.25, -0.2) is 0 Å². The lowest BCUT2D eigenvalue weighted by atomic mass is 9.46. The van der Waals surface area contributed by atoms with Crippen molar-refractivity contribution in [3.63, 3.8) is 0 Å². The predicted molar refractivity (Wildman–Crippen MR) is 175 cm³/mol. The highest BCUT2D eigenvalue weighted by Crippen LogP contribution is 2.68. The third-order valence-electron chi connectivity index (χ3n) is 13.3. The summed E-state index contributed by atoms with van der Waals surface area (Å²) in [5.41, 5.74) is 3.25. The molecule has 8 bridgehead atoms. The number of hydrogen-bond donors (Lipinski definition) is 0. The van der Waals surface area contributed by atoms with Gasteiger partial charge < -0.3 is 28.4 Å². The Balaban J connectivity index is 1.12. The first-order valence-corrected chi connectivity index (χ1v) is 18.4. The SMILES string of the molecule is C1=C(COCCOc2c(C34CC5CC(CC(C5)C3)C4)c(OCCOCC3=CO3)c3ccccc3c2C23CC4CC(CC(C4)C2)C3)O1. The van der Waals surface area contributed by atoms with Gasteiger partial charge in [0.15, 0.2) is 11.5 Å². The first-order valence-electron chi connectivity index (χ1n) is 18.4. The monoisotopic (exact) mass is 624 g/mol. The van der Waals surface area contributed by atoms with Crippen LogP contribution in [-0.2, 0) is 29.8 Å². The number of benzene rings is 2. The van der Waals surface area contributed by atoms with Crippen molar-refractivity contribution >= 4 is 10.8 Å². The van der Waals surface area contributed by atoms with Crippen molar-refractivity contribution in [2.24, 2.45) is 35.5 Å². The van der Waals surface area contributed by atoms with Crippen LogP contribution in [-0.4, -0.2) is 39.6 Å². The number of hydrogen-bond acceptors (Lipinski definition) is 6. The van der Waals surface area contributed by atoms with E-state index in [0.717, 1.165) is 52.8 Å². The van der Waals surface area contributed by atoms with E-state index in [1.54, 1.807) is 12.5 Å². The molecule has 2 heterocycles. The zero-order chi connectivity index (χ0) is 30.3. The van der Waals surface area contributed by atoms with Gasteiger partial charge in [-0.05, 0) is 118 Å². The van der Waals surface area contributed by atoms with E-state index >= 15 is 0 Å². The molecule has 8 fully saturated rings. The molecule has 2 aliphatic heterocycles. The Morgan fingerprint density at radius 1 is 0.522 bits per heavy atom. The third kappa shape index (κ3) is 4.96. The molecule has 244 valence electrons. The minimum atomic E-state index is 0.113. The van der Waals surface area contributed by atoms with E-state index in [1.807, 2.05) is 0 Å². The lowest BCUT2D eigenvalue weighted by Crippen LogP contribution is -2.50. The van der Waals surface area contributed by atoms with Gasteiger partial charge in [0, 0.05) is 27.3 Å². The molecule has 0 amide bonds. The first kappa shape index (κ1) is 28.3. The van der Waals surface area contributed by atoms with Crippen LogP contribution in [0, 0.1) is 35.5 Å². The van der Waals surface area contributed by atoms with E-state index in [9.17, 15) is 0 Å². The Kier molecular flexibility index (Phi) is 6.72. The number of fused-ring (bicyclic) bond motifs is 1. The summed E-state index contributed by atoms with van der Waals surface area (Å²) < 4.78 is 36.6. The third-order valence-corrected chi connectivity index (χ3v) is 13.3. The van der Waals surface area contributed by atoms with Gasteiger partial charge >= 0.3 is 0 Å². The van der Waals surface area contributed by atoms with Crippen molar-refractivity contribution in [2.75, 3.05) is 39.6 Å². The second kappa shape index (κ2) is 10.9. The van der Waals surface area contributed by atoms with Crippen LogP contribution in [0.5, 0.6) is 11.5 Å². The maximum atomic E-state index is 7.24. The zero-order valence-electron chi connectivity index (χ0n) is 27.1. The highest BCUT2D eigenvalue weighted by molar-refractivity contribution is 5.96. The zero-order valence-corrected chi connectivity index (χ0v) is 27.1. The molecule has 6 nitrogen and oxygen atoms in total. The van der Waals surface area contributed by atoms with Crippen LogP contribution in [0.1, 0.15) is 88.2 Å². The minimum absolute atomic E-state index is 0.113. The van der Waals surface area contributed by atoms with Crippen LogP contribution in [0.4, 0.5) is 0 Å². The molecular formula is C40H48O6. The summed E-state index contributed by atoms with van der Waals surface area (Å²) in [7, 11) is 0. The van der Waals surface area contributed by atoms with Crippen molar-refractivity contribution < 1.29 is 28.4 Å². The van der Waals surface area contributed by atoms with Gasteiger partial charge in [-0.1, -0.05) is 24.3 Å². The molecule has 0 spiro atoms. The van der Waals surface area contributed by atoms with E-state index < -0.39 is 0 Å². The molecule has 10 aliphatic rings. The summed E-state index contributed by atoms with van der Waals surface area (Å²) in [5.74, 6) is 9.15. The van der Waals surface area contributed by atoms with E-state index in [0.29, 0.717) is 39.6 Å². The first-order chi connectivity index (χ1) is 22.6. The lowest BCUT2D eigenvalue weighted by Gasteiger charge is -2.59. The Morgan fingerprint density at radius 2 is 0.935 bits per heavy atom. The van der Waals surface area contributed by atoms with Crippen LogP contribution >= 0.6 is 0 Å². The fraction of sp³-hybridized carbons (Fsp3) is 0.650. The molecule has 0 atom stereocenters. The fourth-order valence-electron chi connectivity index (χ4n) is 12.5. The topological polar surface area (TPSA) is 62.0 Å². The van der Waals surface area contributed by atoms with Crippen molar-refractivity contribution in [3.8, 4) is 11.5 Å². The number of ether oxygens (including phenoxy) is 6. The summed E-state index contributed by atoms with van der Waals surface area (Å²) in [5, 5.41) is 2.64. The normalized spacial score (nSPS) is 37.1. The van der Waals surface area contributed by atoms with Crippen LogP contribution in [0.25, 0.3) is 10.8 Å². The van der Waals surface area contributed by atoms with Gasteiger partial charge in [0.1, 0.15) is 50.5 Å². The molecule has 8 aliphatic carbocycles. The molecular weight excluding hydrogens is 576 g/mol. The highest BCUT2D eigenvalue weighted by atomic mass is 16.6. The van der Waals surface area contributed by atoms with Crippen LogP contribution < -0.4 is 9.47 Å². The lowest BCUT2D eigenvalue weighted by molar-refractivity contribution is -0.0118. The molecule has 0 N–H and O–H groups in total. The quantitative estimate of drug-likeness (QED) is 0.197. The number of rotatable bonds is 14. The Bertz CT molecular complexity index is 1520. The molecule has 12 rings (SSSR count). The van der Waals surface area contributed by atoms with E-state index in [1.165, 1.54) is 105 Å². The maximum Gasteiger partial charge on any atom is 0.164 e. The molecule has 0 aromatic heterocycles. The smallest absolute Gasteiger partial charge is 0.164 e. The summed E-state index contributed by atoms with van der Waals surface area (Å²) in [6.45, 7) is 3.20. The molecule has 0 unspecified atom stereocenters. The van der Waals surface area contributed by atoms with Crippen molar-refractivity contribution in [1.29, 1.82) is 0 Å². The minimum Gasteiger partial charge on any atom is -0.490 e. The molecule has 8 saturated carbocycles. The Hall–Kier alpha value is -2.70. The van der Waals surface area contributed by atoms with Gasteiger partial charge in [0.2, 0.25) is 0 Å².